The van der Waals surface area contributed by atoms with Crippen LogP contribution in [0.3, 0.4) is 0 Å². The third-order valence-corrected chi connectivity index (χ3v) is 4.24. The molecular weight excluding hydrogens is 343 g/mol. The highest BCUT2D eigenvalue weighted by Gasteiger charge is 2.10. The van der Waals surface area contributed by atoms with Gasteiger partial charge in [0.25, 0.3) is 5.91 Å². The molecule has 5 nitrogen and oxygen atoms in total. The average molecular weight is 364 g/mol. The van der Waals surface area contributed by atoms with E-state index in [0.717, 1.165) is 16.8 Å². The fraction of sp³-hybridized carbons (Fsp3) is 0.190. The lowest BCUT2D eigenvalue weighted by atomic mass is 10.1. The molecule has 3 aromatic rings. The van der Waals surface area contributed by atoms with E-state index in [1.807, 2.05) is 32.0 Å². The number of benzene rings is 2. The van der Waals surface area contributed by atoms with Crippen LogP contribution in [0.2, 0.25) is 0 Å². The minimum Gasteiger partial charge on any atom is -0.350 e. The van der Waals surface area contributed by atoms with Gasteiger partial charge in [0.15, 0.2) is 0 Å². The number of nitrogens with zero attached hydrogens (tertiary/aromatic N) is 2. The van der Waals surface area contributed by atoms with Crippen molar-refractivity contribution in [3.63, 3.8) is 0 Å². The molecule has 2 N–H and O–H groups in total. The second-order valence-electron chi connectivity index (χ2n) is 6.25. The number of hydrogen-bond donors (Lipinski definition) is 2. The van der Waals surface area contributed by atoms with E-state index in [0.29, 0.717) is 24.5 Å². The Hall–Kier alpha value is -3.28. The largest absolute Gasteiger partial charge is 0.350 e. The number of anilines is 2. The van der Waals surface area contributed by atoms with Gasteiger partial charge in [-0.05, 0) is 49.1 Å². The summed E-state index contributed by atoms with van der Waals surface area (Å²) in [5, 5.41) is 5.94. The van der Waals surface area contributed by atoms with Crippen LogP contribution in [-0.2, 0) is 6.42 Å². The molecule has 138 valence electrons. The van der Waals surface area contributed by atoms with E-state index in [-0.39, 0.29) is 17.4 Å². The molecule has 0 fully saturated rings. The Balaban J connectivity index is 1.64. The van der Waals surface area contributed by atoms with Crippen LogP contribution < -0.4 is 10.6 Å². The van der Waals surface area contributed by atoms with Crippen LogP contribution in [0.5, 0.6) is 0 Å². The number of aromatic nitrogens is 2. The van der Waals surface area contributed by atoms with Gasteiger partial charge < -0.3 is 10.6 Å². The molecule has 0 unspecified atom stereocenters. The van der Waals surface area contributed by atoms with Crippen molar-refractivity contribution < 1.29 is 9.18 Å². The number of carbonyl (C=O) groups is 1. The first-order valence-electron chi connectivity index (χ1n) is 8.72. The number of amides is 1. The fourth-order valence-corrected chi connectivity index (χ4v) is 2.77. The van der Waals surface area contributed by atoms with Crippen LogP contribution in [0.1, 0.15) is 27.2 Å². The van der Waals surface area contributed by atoms with Gasteiger partial charge in [0.1, 0.15) is 11.5 Å². The van der Waals surface area contributed by atoms with Crippen molar-refractivity contribution in [2.75, 3.05) is 11.9 Å². The normalized spacial score (nSPS) is 10.5. The zero-order valence-corrected chi connectivity index (χ0v) is 15.3. The quantitative estimate of drug-likeness (QED) is 0.695. The van der Waals surface area contributed by atoms with E-state index in [9.17, 15) is 9.18 Å². The minimum atomic E-state index is -0.321. The van der Waals surface area contributed by atoms with Crippen LogP contribution in [0.15, 0.2) is 54.7 Å². The molecule has 0 saturated carbocycles. The highest BCUT2D eigenvalue weighted by molar-refractivity contribution is 5.92. The molecule has 3 rings (SSSR count). The van der Waals surface area contributed by atoms with Gasteiger partial charge in [0, 0.05) is 18.4 Å². The van der Waals surface area contributed by atoms with Gasteiger partial charge in [-0.15, -0.1) is 0 Å². The van der Waals surface area contributed by atoms with Crippen LogP contribution in [0, 0.1) is 19.7 Å². The lowest BCUT2D eigenvalue weighted by molar-refractivity contribution is 0.0949. The van der Waals surface area contributed by atoms with E-state index in [1.54, 1.807) is 24.3 Å². The van der Waals surface area contributed by atoms with E-state index in [4.69, 9.17) is 0 Å². The van der Waals surface area contributed by atoms with E-state index in [2.05, 4.69) is 20.6 Å². The highest BCUT2D eigenvalue weighted by atomic mass is 19.1. The smallest absolute Gasteiger partial charge is 0.270 e. The summed E-state index contributed by atoms with van der Waals surface area (Å²) < 4.78 is 13.6. The molecule has 1 amide bonds. The summed E-state index contributed by atoms with van der Waals surface area (Å²) >= 11 is 0. The van der Waals surface area contributed by atoms with Gasteiger partial charge in [-0.25, -0.2) is 14.4 Å². The predicted octanol–water partition coefficient (Wildman–Crippen LogP) is 3.95. The van der Waals surface area contributed by atoms with Crippen LogP contribution >= 0.6 is 0 Å². The maximum atomic E-state index is 13.6. The van der Waals surface area contributed by atoms with Crippen molar-refractivity contribution in [2.24, 2.45) is 0 Å². The topological polar surface area (TPSA) is 66.9 Å². The van der Waals surface area contributed by atoms with E-state index >= 15 is 0 Å². The molecule has 0 aliphatic carbocycles. The summed E-state index contributed by atoms with van der Waals surface area (Å²) in [7, 11) is 0. The summed E-state index contributed by atoms with van der Waals surface area (Å²) in [4.78, 5) is 20.8. The number of halogens is 1. The molecule has 0 spiro atoms. The maximum absolute atomic E-state index is 13.6. The summed E-state index contributed by atoms with van der Waals surface area (Å²) in [5.41, 5.74) is 3.89. The van der Waals surface area contributed by atoms with Crippen LogP contribution in [0.4, 0.5) is 16.0 Å². The second kappa shape index (κ2) is 8.40. The molecular formula is C21H21FN4O. The molecule has 6 heteroatoms. The summed E-state index contributed by atoms with van der Waals surface area (Å²) in [6.07, 6.45) is 1.95. The lowest BCUT2D eigenvalue weighted by Gasteiger charge is -2.12. The molecule has 0 bridgehead atoms. The van der Waals surface area contributed by atoms with Crippen molar-refractivity contribution in [2.45, 2.75) is 20.3 Å². The first kappa shape index (κ1) is 18.5. The Morgan fingerprint density at radius 2 is 1.78 bits per heavy atom. The molecule has 0 atom stereocenters. The monoisotopic (exact) mass is 364 g/mol. The third kappa shape index (κ3) is 4.67. The zero-order valence-electron chi connectivity index (χ0n) is 15.3. The highest BCUT2D eigenvalue weighted by Crippen LogP contribution is 2.22. The minimum absolute atomic E-state index is 0.257. The first-order valence-corrected chi connectivity index (χ1v) is 8.72. The summed E-state index contributed by atoms with van der Waals surface area (Å²) in [6.45, 7) is 4.31. The molecule has 0 radical (unpaired) electrons. The van der Waals surface area contributed by atoms with E-state index < -0.39 is 0 Å². The number of para-hydroxylation sites is 1. The number of aryl methyl sites for hydroxylation is 2. The lowest BCUT2D eigenvalue weighted by Crippen LogP contribution is -2.27. The van der Waals surface area contributed by atoms with E-state index in [1.165, 1.54) is 12.3 Å². The molecule has 2 aromatic carbocycles. The molecule has 0 saturated heterocycles. The van der Waals surface area contributed by atoms with Crippen molar-refractivity contribution in [3.8, 4) is 0 Å². The van der Waals surface area contributed by atoms with Gasteiger partial charge in [-0.1, -0.05) is 36.4 Å². The Bertz CT molecular complexity index is 938. The summed E-state index contributed by atoms with van der Waals surface area (Å²) in [6, 6.07) is 14.1. The number of carbonyl (C=O) groups excluding carboxylic acids is 1. The van der Waals surface area contributed by atoms with Crippen molar-refractivity contribution in [1.29, 1.82) is 0 Å². The van der Waals surface area contributed by atoms with Crippen LogP contribution in [0.25, 0.3) is 0 Å². The first-order chi connectivity index (χ1) is 13.0. The van der Waals surface area contributed by atoms with Gasteiger partial charge in [-0.3, -0.25) is 4.79 Å². The molecule has 1 aromatic heterocycles. The maximum Gasteiger partial charge on any atom is 0.270 e. The Morgan fingerprint density at radius 1 is 1.04 bits per heavy atom. The van der Waals surface area contributed by atoms with Gasteiger partial charge in [0.2, 0.25) is 5.95 Å². The molecule has 0 aliphatic rings. The van der Waals surface area contributed by atoms with Crippen molar-refractivity contribution in [1.82, 2.24) is 15.3 Å². The zero-order chi connectivity index (χ0) is 19.2. The molecule has 1 heterocycles. The Labute approximate surface area is 157 Å². The van der Waals surface area contributed by atoms with Gasteiger partial charge >= 0.3 is 0 Å². The fourth-order valence-electron chi connectivity index (χ4n) is 2.77. The Kier molecular flexibility index (Phi) is 5.76. The predicted molar refractivity (Wildman–Crippen MR) is 104 cm³/mol. The van der Waals surface area contributed by atoms with Gasteiger partial charge in [-0.2, -0.15) is 0 Å². The van der Waals surface area contributed by atoms with Gasteiger partial charge in [0.05, 0.1) is 0 Å². The molecule has 27 heavy (non-hydrogen) atoms. The van der Waals surface area contributed by atoms with Crippen LogP contribution in [-0.4, -0.2) is 22.4 Å². The summed E-state index contributed by atoms with van der Waals surface area (Å²) in [5.74, 6) is -0.235. The third-order valence-electron chi connectivity index (χ3n) is 4.24. The average Bonchev–Trinajstić information content (AvgIpc) is 2.66. The standard InChI is InChI=1S/C21H21FN4O/c1-14-6-5-7-15(2)19(14)26-21-24-13-11-18(25-21)20(27)23-12-10-16-8-3-4-9-17(16)22/h3-9,11,13H,10,12H2,1-2H3,(H,23,27)(H,24,25,26). The SMILES string of the molecule is Cc1cccc(C)c1Nc1nccc(C(=O)NCCc2ccccc2F)n1. The number of hydrogen-bond acceptors (Lipinski definition) is 4. The number of nitrogens with one attached hydrogen (secondary N) is 2. The second-order valence-corrected chi connectivity index (χ2v) is 6.25. The van der Waals surface area contributed by atoms with Crippen molar-refractivity contribution >= 4 is 17.5 Å². The molecule has 0 aliphatic heterocycles. The Morgan fingerprint density at radius 3 is 2.52 bits per heavy atom. The van der Waals surface area contributed by atoms with Crippen molar-refractivity contribution in [3.05, 3.63) is 82.9 Å². The number of rotatable bonds is 6.